The largest absolute Gasteiger partial charge is 0.472 e. The zero-order chi connectivity index (χ0) is 76.5. The van der Waals surface area contributed by atoms with Crippen LogP contribution in [0.1, 0.15) is 447 Å². The van der Waals surface area contributed by atoms with E-state index in [1.165, 1.54) is 250 Å². The first-order valence-corrected chi connectivity index (χ1v) is 46.8. The number of hydrogen-bond donors (Lipinski definition) is 3. The van der Waals surface area contributed by atoms with E-state index in [2.05, 4.69) is 48.5 Å². The lowest BCUT2D eigenvalue weighted by molar-refractivity contribution is -0.161. The van der Waals surface area contributed by atoms with E-state index >= 15 is 0 Å². The number of phosphoric acid groups is 2. The van der Waals surface area contributed by atoms with Crippen LogP contribution in [0.15, 0.2) is 0 Å². The summed E-state index contributed by atoms with van der Waals surface area (Å²) in [6, 6.07) is 0. The van der Waals surface area contributed by atoms with Crippen molar-refractivity contribution >= 4 is 39.5 Å². The molecule has 0 amide bonds. The van der Waals surface area contributed by atoms with Crippen LogP contribution in [-0.4, -0.2) is 96.7 Å². The van der Waals surface area contributed by atoms with Crippen LogP contribution in [0.25, 0.3) is 0 Å². The van der Waals surface area contributed by atoms with Crippen molar-refractivity contribution in [2.24, 2.45) is 17.8 Å². The Bertz CT molecular complexity index is 2010. The van der Waals surface area contributed by atoms with E-state index in [4.69, 9.17) is 37.0 Å². The van der Waals surface area contributed by atoms with Crippen molar-refractivity contribution in [2.45, 2.75) is 465 Å². The number of aliphatic hydroxyl groups excluding tert-OH is 1. The number of esters is 4. The van der Waals surface area contributed by atoms with Gasteiger partial charge >= 0.3 is 39.5 Å². The van der Waals surface area contributed by atoms with Crippen LogP contribution >= 0.6 is 15.6 Å². The molecule has 0 radical (unpaired) electrons. The van der Waals surface area contributed by atoms with E-state index in [0.29, 0.717) is 31.6 Å². The summed E-state index contributed by atoms with van der Waals surface area (Å²) in [5, 5.41) is 10.7. The molecular formula is C85H166O17P2. The number of unbranched alkanes of at least 4 members (excludes halogenated alkanes) is 51. The lowest BCUT2D eigenvalue weighted by Crippen LogP contribution is -2.30. The summed E-state index contributed by atoms with van der Waals surface area (Å²) in [5.41, 5.74) is 0. The first-order chi connectivity index (χ1) is 50.2. The van der Waals surface area contributed by atoms with E-state index in [9.17, 15) is 43.2 Å². The van der Waals surface area contributed by atoms with Crippen LogP contribution in [0, 0.1) is 17.8 Å². The van der Waals surface area contributed by atoms with Crippen molar-refractivity contribution in [3.05, 3.63) is 0 Å². The highest BCUT2D eigenvalue weighted by Gasteiger charge is 2.30. The molecule has 2 unspecified atom stereocenters. The van der Waals surface area contributed by atoms with Crippen molar-refractivity contribution in [2.75, 3.05) is 39.6 Å². The molecular weight excluding hydrogens is 1350 g/mol. The van der Waals surface area contributed by atoms with Gasteiger partial charge in [0.25, 0.3) is 0 Å². The number of ether oxygens (including phenoxy) is 4. The van der Waals surface area contributed by atoms with Crippen LogP contribution in [0.2, 0.25) is 0 Å². The molecule has 3 N–H and O–H groups in total. The lowest BCUT2D eigenvalue weighted by Gasteiger charge is -2.21. The third kappa shape index (κ3) is 78.2. The van der Waals surface area contributed by atoms with Crippen molar-refractivity contribution in [1.82, 2.24) is 0 Å². The number of aliphatic hydroxyl groups is 1. The van der Waals surface area contributed by atoms with Crippen LogP contribution in [-0.2, 0) is 65.4 Å². The average molecular weight is 1520 g/mol. The second kappa shape index (κ2) is 75.1. The standard InChI is InChI=1S/C85H166O17P2/c1-8-9-10-11-12-13-14-15-16-17-18-19-20-23-29-34-39-46-54-61-68-84(89)101-80(72-95-82(87)66-59-52-45-38-33-28-24-21-22-26-31-36-42-49-56-63-76(2)3)74-99-103(91,92)97-70-79(86)71-98-104(93,94)100-75-81(73-96-83(88)67-60-53-48-41-44-51-58-65-78(6)7)102-85(90)69-62-55-47-40-35-30-25-27-32-37-43-50-57-64-77(4)5/h76-81,86H,8-75H2,1-7H3,(H,91,92)(H,93,94)/t79-,80-,81-/m1/s1. The fraction of sp³-hybridized carbons (Fsp3) is 0.953. The summed E-state index contributed by atoms with van der Waals surface area (Å²) in [7, 11) is -9.93. The Kier molecular flexibility index (Phi) is 73.7. The molecule has 0 saturated heterocycles. The topological polar surface area (TPSA) is 237 Å². The molecule has 5 atom stereocenters. The molecule has 0 bridgehead atoms. The molecule has 0 saturated carbocycles. The summed E-state index contributed by atoms with van der Waals surface area (Å²) in [6.45, 7) is 12.0. The minimum Gasteiger partial charge on any atom is -0.462 e. The number of rotatable bonds is 83. The zero-order valence-electron chi connectivity index (χ0n) is 68.5. The van der Waals surface area contributed by atoms with Gasteiger partial charge in [0.1, 0.15) is 19.3 Å². The highest BCUT2D eigenvalue weighted by Crippen LogP contribution is 2.45. The third-order valence-electron chi connectivity index (χ3n) is 19.9. The van der Waals surface area contributed by atoms with Crippen molar-refractivity contribution in [3.8, 4) is 0 Å². The van der Waals surface area contributed by atoms with Crippen molar-refractivity contribution < 1.29 is 80.2 Å². The third-order valence-corrected chi connectivity index (χ3v) is 21.8. The van der Waals surface area contributed by atoms with E-state index in [0.717, 1.165) is 108 Å². The second-order valence-electron chi connectivity index (χ2n) is 32.0. The molecule has 0 aromatic carbocycles. The fourth-order valence-electron chi connectivity index (χ4n) is 13.2. The molecule has 104 heavy (non-hydrogen) atoms. The Labute approximate surface area is 638 Å². The Balaban J connectivity index is 5.23. The molecule has 0 spiro atoms. The van der Waals surface area contributed by atoms with Crippen molar-refractivity contribution in [3.63, 3.8) is 0 Å². The monoisotopic (exact) mass is 1520 g/mol. The van der Waals surface area contributed by atoms with Gasteiger partial charge in [0.05, 0.1) is 26.4 Å². The van der Waals surface area contributed by atoms with Gasteiger partial charge in [-0.3, -0.25) is 37.3 Å². The zero-order valence-corrected chi connectivity index (χ0v) is 70.3. The number of carbonyl (C=O) groups is 4. The predicted octanol–water partition coefficient (Wildman–Crippen LogP) is 25.7. The Morgan fingerprint density at radius 3 is 0.654 bits per heavy atom. The van der Waals surface area contributed by atoms with E-state index in [1.807, 2.05) is 0 Å². The minimum absolute atomic E-state index is 0.107. The van der Waals surface area contributed by atoms with Gasteiger partial charge in [-0.2, -0.15) is 0 Å². The molecule has 0 aliphatic rings. The molecule has 17 nitrogen and oxygen atoms in total. The smallest absolute Gasteiger partial charge is 0.462 e. The maximum atomic E-state index is 13.1. The van der Waals surface area contributed by atoms with Gasteiger partial charge in [-0.25, -0.2) is 9.13 Å². The molecule has 0 aromatic heterocycles. The predicted molar refractivity (Wildman–Crippen MR) is 428 cm³/mol. The molecule has 0 fully saturated rings. The summed E-state index contributed by atoms with van der Waals surface area (Å²) in [6.07, 6.45) is 65.4. The van der Waals surface area contributed by atoms with Crippen molar-refractivity contribution in [1.29, 1.82) is 0 Å². The summed E-state index contributed by atoms with van der Waals surface area (Å²) < 4.78 is 68.9. The van der Waals surface area contributed by atoms with E-state index in [-0.39, 0.29) is 25.7 Å². The highest BCUT2D eigenvalue weighted by molar-refractivity contribution is 7.47. The Hall–Kier alpha value is -1.94. The van der Waals surface area contributed by atoms with Gasteiger partial charge in [-0.05, 0) is 43.4 Å². The molecule has 0 heterocycles. The van der Waals surface area contributed by atoms with E-state index in [1.54, 1.807) is 0 Å². The van der Waals surface area contributed by atoms with E-state index < -0.39 is 97.5 Å². The van der Waals surface area contributed by atoms with Crippen LogP contribution in [0.3, 0.4) is 0 Å². The number of carbonyl (C=O) groups excluding carboxylic acids is 4. The first-order valence-electron chi connectivity index (χ1n) is 43.8. The molecule has 0 aliphatic heterocycles. The Morgan fingerprint density at radius 1 is 0.260 bits per heavy atom. The summed E-state index contributed by atoms with van der Waals surface area (Å²) in [4.78, 5) is 73.2. The number of phosphoric ester groups is 2. The maximum Gasteiger partial charge on any atom is 0.472 e. The van der Waals surface area contributed by atoms with Gasteiger partial charge in [-0.1, -0.05) is 395 Å². The average Bonchev–Trinajstić information content (AvgIpc) is 0.940. The van der Waals surface area contributed by atoms with Gasteiger partial charge < -0.3 is 33.8 Å². The van der Waals surface area contributed by atoms with Gasteiger partial charge in [0.2, 0.25) is 0 Å². The summed E-state index contributed by atoms with van der Waals surface area (Å²) in [5.74, 6) is 0.191. The second-order valence-corrected chi connectivity index (χ2v) is 34.9. The molecule has 19 heteroatoms. The molecule has 0 rings (SSSR count). The number of hydrogen-bond acceptors (Lipinski definition) is 15. The van der Waals surface area contributed by atoms with Crippen LogP contribution in [0.4, 0.5) is 0 Å². The molecule has 0 aliphatic carbocycles. The van der Waals surface area contributed by atoms with Gasteiger partial charge in [0.15, 0.2) is 12.2 Å². The lowest BCUT2D eigenvalue weighted by atomic mass is 10.0. The summed E-state index contributed by atoms with van der Waals surface area (Å²) >= 11 is 0. The maximum absolute atomic E-state index is 13.1. The minimum atomic E-state index is -4.97. The van der Waals surface area contributed by atoms with Gasteiger partial charge in [0, 0.05) is 25.7 Å². The normalized spacial score (nSPS) is 13.9. The molecule has 0 aromatic rings. The molecule has 618 valence electrons. The Morgan fingerprint density at radius 2 is 0.442 bits per heavy atom. The van der Waals surface area contributed by atoms with Crippen LogP contribution < -0.4 is 0 Å². The first kappa shape index (κ1) is 102. The highest BCUT2D eigenvalue weighted by atomic mass is 31.2. The fourth-order valence-corrected chi connectivity index (χ4v) is 14.8. The SMILES string of the molecule is CCCCCCCCCCCCCCCCCCCCCCC(=O)O[C@H](COC(=O)CCCCCCCCCCCCCCCCCC(C)C)COP(=O)(O)OC[C@@H](O)COP(=O)(O)OC[C@@H](COC(=O)CCCCCCCCCC(C)C)OC(=O)CCCCCCCCCCCCCCCC(C)C. The van der Waals surface area contributed by atoms with Crippen LogP contribution in [0.5, 0.6) is 0 Å². The van der Waals surface area contributed by atoms with Gasteiger partial charge in [-0.15, -0.1) is 0 Å². The quantitative estimate of drug-likeness (QED) is 0.0222.